The van der Waals surface area contributed by atoms with Gasteiger partial charge < -0.3 is 9.47 Å². The average molecular weight is 338 g/mol. The van der Waals surface area contributed by atoms with Crippen LogP contribution in [0.5, 0.6) is 0 Å². The number of ether oxygens (including phenoxy) is 2. The first kappa shape index (κ1) is 17.0. The lowest BCUT2D eigenvalue weighted by Gasteiger charge is -2.06. The molecule has 0 heterocycles. The Balaban J connectivity index is 1.67. The van der Waals surface area contributed by atoms with Crippen LogP contribution in [0, 0.1) is 11.6 Å². The van der Waals surface area contributed by atoms with Crippen molar-refractivity contribution >= 4 is 23.7 Å². The Morgan fingerprint density at radius 1 is 0.739 bits per heavy atom. The second-order valence-electron chi connectivity index (χ2n) is 4.32. The van der Waals surface area contributed by atoms with Crippen LogP contribution in [0.2, 0.25) is 0 Å². The Morgan fingerprint density at radius 3 is 1.43 bits per heavy atom. The smallest absolute Gasteiger partial charge is 0.338 e. The predicted octanol–water partition coefficient (Wildman–Crippen LogP) is 3.63. The summed E-state index contributed by atoms with van der Waals surface area (Å²) < 4.78 is 35.3. The van der Waals surface area contributed by atoms with E-state index in [2.05, 4.69) is 0 Å². The van der Waals surface area contributed by atoms with E-state index in [4.69, 9.17) is 9.47 Å². The van der Waals surface area contributed by atoms with Crippen LogP contribution in [-0.2, 0) is 9.47 Å². The Morgan fingerprint density at radius 2 is 1.09 bits per heavy atom. The van der Waals surface area contributed by atoms with Crippen LogP contribution in [0.25, 0.3) is 0 Å². The molecule has 0 bridgehead atoms. The molecule has 7 heteroatoms. The lowest BCUT2D eigenvalue weighted by molar-refractivity contribution is 0.0566. The van der Waals surface area contributed by atoms with Gasteiger partial charge >= 0.3 is 11.9 Å². The molecule has 0 radical (unpaired) electrons. The molecule has 4 nitrogen and oxygen atoms in total. The van der Waals surface area contributed by atoms with Crippen molar-refractivity contribution in [2.45, 2.75) is 0 Å². The first-order valence-electron chi connectivity index (χ1n) is 6.49. The van der Waals surface area contributed by atoms with Crippen molar-refractivity contribution in [3.63, 3.8) is 0 Å². The summed E-state index contributed by atoms with van der Waals surface area (Å²) in [5.41, 5.74) is 0.464. The van der Waals surface area contributed by atoms with Crippen LogP contribution < -0.4 is 0 Å². The number of benzene rings is 2. The predicted molar refractivity (Wildman–Crippen MR) is 81.0 cm³/mol. The summed E-state index contributed by atoms with van der Waals surface area (Å²) in [7, 11) is 0. The SMILES string of the molecule is O=C(OCSCOC(=O)c1ccc(F)cc1)c1ccc(F)cc1. The minimum Gasteiger partial charge on any atom is -0.451 e. The maximum atomic E-state index is 12.7. The van der Waals surface area contributed by atoms with Gasteiger partial charge in [0.1, 0.15) is 23.5 Å². The number of esters is 2. The molecule has 23 heavy (non-hydrogen) atoms. The second kappa shape index (κ2) is 8.28. The lowest BCUT2D eigenvalue weighted by atomic mass is 10.2. The van der Waals surface area contributed by atoms with E-state index >= 15 is 0 Å². The molecule has 0 atom stereocenters. The fourth-order valence-electron chi connectivity index (χ4n) is 1.56. The van der Waals surface area contributed by atoms with Crippen molar-refractivity contribution in [2.75, 3.05) is 11.9 Å². The molecule has 2 rings (SSSR count). The van der Waals surface area contributed by atoms with Crippen LogP contribution in [0.3, 0.4) is 0 Å². The van der Waals surface area contributed by atoms with Gasteiger partial charge in [0.15, 0.2) is 0 Å². The Hall–Kier alpha value is -2.41. The molecule has 0 N–H and O–H groups in total. The summed E-state index contributed by atoms with van der Waals surface area (Å²) in [6.07, 6.45) is 0. The van der Waals surface area contributed by atoms with Crippen LogP contribution >= 0.6 is 11.8 Å². The molecule has 0 amide bonds. The third kappa shape index (κ3) is 5.37. The zero-order valence-electron chi connectivity index (χ0n) is 11.8. The zero-order chi connectivity index (χ0) is 16.7. The molecule has 2 aromatic carbocycles. The van der Waals surface area contributed by atoms with E-state index < -0.39 is 23.6 Å². The maximum absolute atomic E-state index is 12.7. The number of carbonyl (C=O) groups is 2. The van der Waals surface area contributed by atoms with Gasteiger partial charge in [-0.3, -0.25) is 0 Å². The number of halogens is 2. The molecule has 2 aromatic rings. The van der Waals surface area contributed by atoms with Gasteiger partial charge in [0.05, 0.1) is 11.1 Å². The normalized spacial score (nSPS) is 10.2. The number of hydrogen-bond acceptors (Lipinski definition) is 5. The van der Waals surface area contributed by atoms with E-state index in [1.165, 1.54) is 24.3 Å². The van der Waals surface area contributed by atoms with Crippen LogP contribution in [0.15, 0.2) is 48.5 Å². The molecular weight excluding hydrogens is 326 g/mol. The highest BCUT2D eigenvalue weighted by Gasteiger charge is 2.09. The van der Waals surface area contributed by atoms with Gasteiger partial charge in [-0.15, -0.1) is 0 Å². The third-order valence-electron chi connectivity index (χ3n) is 2.71. The first-order valence-corrected chi connectivity index (χ1v) is 7.65. The molecule has 0 aromatic heterocycles. The summed E-state index contributed by atoms with van der Waals surface area (Å²) in [5.74, 6) is -2.11. The quantitative estimate of drug-likeness (QED) is 0.457. The molecule has 0 fully saturated rings. The molecule has 0 aliphatic rings. The standard InChI is InChI=1S/C16H12F2O4S/c17-13-5-1-11(2-6-13)15(19)21-9-23-10-22-16(20)12-3-7-14(18)8-4-12/h1-8H,9-10H2. The van der Waals surface area contributed by atoms with Gasteiger partial charge in [-0.2, -0.15) is 0 Å². The lowest BCUT2D eigenvalue weighted by Crippen LogP contribution is -2.08. The maximum Gasteiger partial charge on any atom is 0.338 e. The van der Waals surface area contributed by atoms with E-state index in [1.807, 2.05) is 0 Å². The Kier molecular flexibility index (Phi) is 6.10. The number of rotatable bonds is 6. The van der Waals surface area contributed by atoms with Crippen molar-refractivity contribution in [3.05, 3.63) is 71.3 Å². The Bertz CT molecular complexity index is 612. The fraction of sp³-hybridized carbons (Fsp3) is 0.125. The summed E-state index contributed by atoms with van der Waals surface area (Å²) in [4.78, 5) is 23.2. The van der Waals surface area contributed by atoms with Crippen LogP contribution in [-0.4, -0.2) is 23.8 Å². The highest BCUT2D eigenvalue weighted by Crippen LogP contribution is 2.10. The van der Waals surface area contributed by atoms with Gasteiger partial charge in [0, 0.05) is 0 Å². The van der Waals surface area contributed by atoms with Crippen molar-refractivity contribution in [1.29, 1.82) is 0 Å². The summed E-state index contributed by atoms with van der Waals surface area (Å²) in [5, 5.41) is 0. The molecular formula is C16H12F2O4S. The molecule has 0 unspecified atom stereocenters. The van der Waals surface area contributed by atoms with Gasteiger partial charge in [0.25, 0.3) is 0 Å². The van der Waals surface area contributed by atoms with Crippen molar-refractivity contribution in [1.82, 2.24) is 0 Å². The van der Waals surface area contributed by atoms with Gasteiger partial charge in [0.2, 0.25) is 0 Å². The van der Waals surface area contributed by atoms with Gasteiger partial charge in [-0.05, 0) is 48.5 Å². The Labute approximate surface area is 135 Å². The number of thioether (sulfide) groups is 1. The van der Waals surface area contributed by atoms with E-state index in [0.29, 0.717) is 0 Å². The molecule has 0 aliphatic heterocycles. The van der Waals surface area contributed by atoms with E-state index in [9.17, 15) is 18.4 Å². The highest BCUT2D eigenvalue weighted by atomic mass is 32.2. The highest BCUT2D eigenvalue weighted by molar-refractivity contribution is 7.99. The summed E-state index contributed by atoms with van der Waals surface area (Å²) in [6, 6.07) is 9.91. The number of hydrogen-bond donors (Lipinski definition) is 0. The van der Waals surface area contributed by atoms with Crippen molar-refractivity contribution < 1.29 is 27.8 Å². The van der Waals surface area contributed by atoms with Crippen molar-refractivity contribution in [3.8, 4) is 0 Å². The first-order chi connectivity index (χ1) is 11.1. The molecule has 120 valence electrons. The van der Waals surface area contributed by atoms with E-state index in [-0.39, 0.29) is 23.0 Å². The van der Waals surface area contributed by atoms with Crippen LogP contribution in [0.1, 0.15) is 20.7 Å². The minimum absolute atomic E-state index is 0.0209. The second-order valence-corrected chi connectivity index (χ2v) is 5.20. The molecule has 0 aliphatic carbocycles. The van der Waals surface area contributed by atoms with Gasteiger partial charge in [-0.25, -0.2) is 18.4 Å². The average Bonchev–Trinajstić information content (AvgIpc) is 2.55. The van der Waals surface area contributed by atoms with E-state index in [0.717, 1.165) is 36.0 Å². The van der Waals surface area contributed by atoms with Crippen molar-refractivity contribution in [2.24, 2.45) is 0 Å². The molecule has 0 spiro atoms. The number of carbonyl (C=O) groups excluding carboxylic acids is 2. The minimum atomic E-state index is -0.595. The molecule has 0 saturated heterocycles. The summed E-state index contributed by atoms with van der Waals surface area (Å²) in [6.45, 7) is 0. The molecule has 0 saturated carbocycles. The third-order valence-corrected chi connectivity index (χ3v) is 3.28. The monoisotopic (exact) mass is 338 g/mol. The fourth-order valence-corrected chi connectivity index (χ4v) is 2.01. The topological polar surface area (TPSA) is 52.6 Å². The largest absolute Gasteiger partial charge is 0.451 e. The zero-order valence-corrected chi connectivity index (χ0v) is 12.6. The van der Waals surface area contributed by atoms with E-state index in [1.54, 1.807) is 0 Å². The summed E-state index contributed by atoms with van der Waals surface area (Å²) >= 11 is 1.07. The van der Waals surface area contributed by atoms with Gasteiger partial charge in [-0.1, -0.05) is 11.8 Å². The van der Waals surface area contributed by atoms with Crippen LogP contribution in [0.4, 0.5) is 8.78 Å².